The van der Waals surface area contributed by atoms with Gasteiger partial charge in [-0.15, -0.1) is 5.10 Å². The number of hydrogen-bond donors (Lipinski definition) is 1. The molecule has 3 aromatic carbocycles. The van der Waals surface area contributed by atoms with Gasteiger partial charge in [0.15, 0.2) is 5.82 Å². The van der Waals surface area contributed by atoms with Crippen molar-refractivity contribution in [2.45, 2.75) is 52.7 Å². The van der Waals surface area contributed by atoms with Crippen LogP contribution in [-0.2, 0) is 19.5 Å². The molecule has 1 N–H and O–H groups in total. The minimum absolute atomic E-state index is 0.0851. The Morgan fingerprint density at radius 3 is 2.56 bits per heavy atom. The van der Waals surface area contributed by atoms with Crippen LogP contribution in [0.3, 0.4) is 0 Å². The van der Waals surface area contributed by atoms with Gasteiger partial charge in [0.25, 0.3) is 5.56 Å². The van der Waals surface area contributed by atoms with Crippen LogP contribution in [-0.4, -0.2) is 36.6 Å². The predicted octanol–water partition coefficient (Wildman–Crippen LogP) is 5.51. The van der Waals surface area contributed by atoms with E-state index in [1.165, 1.54) is 23.3 Å². The van der Waals surface area contributed by atoms with Crippen LogP contribution in [0, 0.1) is 19.7 Å². The summed E-state index contributed by atoms with van der Waals surface area (Å²) in [6, 6.07) is 22.8. The predicted molar refractivity (Wildman–Crippen MR) is 151 cm³/mol. The maximum atomic E-state index is 13.5. The molecule has 0 aliphatic heterocycles. The zero-order valence-electron chi connectivity index (χ0n) is 22.6. The number of pyridine rings is 1. The molecule has 0 aliphatic rings. The monoisotopic (exact) mass is 524 g/mol. The maximum absolute atomic E-state index is 13.5. The number of fused-ring (bicyclic) bond motifs is 1. The van der Waals surface area contributed by atoms with E-state index >= 15 is 0 Å². The maximum Gasteiger partial charge on any atom is 0.252 e. The lowest BCUT2D eigenvalue weighted by molar-refractivity contribution is 0.172. The third kappa shape index (κ3) is 6.12. The average molecular weight is 525 g/mol. The standard InChI is InChI=1S/C31H33FN6O/c1-4-28(30-34-35-36-38(30)19-24-11-13-27(32)14-12-24)37(16-15-23-9-5-7-21(2)17-23)20-26-18-25-10-6-8-22(3)29(25)33-31(26)39/h5-14,17-18,28H,4,15-16,19-20H2,1-3H3,(H,33,39). The van der Waals surface area contributed by atoms with Gasteiger partial charge < -0.3 is 4.98 Å². The van der Waals surface area contributed by atoms with Crippen LogP contribution in [0.25, 0.3) is 10.9 Å². The van der Waals surface area contributed by atoms with Crippen molar-refractivity contribution in [3.05, 3.63) is 123 Å². The van der Waals surface area contributed by atoms with Crippen molar-refractivity contribution >= 4 is 10.9 Å². The second kappa shape index (κ2) is 11.7. The summed E-state index contributed by atoms with van der Waals surface area (Å²) >= 11 is 0. The van der Waals surface area contributed by atoms with E-state index in [-0.39, 0.29) is 17.4 Å². The molecule has 7 nitrogen and oxygen atoms in total. The van der Waals surface area contributed by atoms with Crippen LogP contribution in [0.15, 0.2) is 77.6 Å². The average Bonchev–Trinajstić information content (AvgIpc) is 3.37. The van der Waals surface area contributed by atoms with Crippen molar-refractivity contribution in [3.8, 4) is 0 Å². The largest absolute Gasteiger partial charge is 0.321 e. The number of aromatic amines is 1. The Morgan fingerprint density at radius 2 is 1.79 bits per heavy atom. The highest BCUT2D eigenvalue weighted by Gasteiger charge is 2.26. The summed E-state index contributed by atoms with van der Waals surface area (Å²) in [6.07, 6.45) is 1.57. The molecule has 0 fully saturated rings. The smallest absolute Gasteiger partial charge is 0.252 e. The van der Waals surface area contributed by atoms with Crippen LogP contribution in [0.5, 0.6) is 0 Å². The van der Waals surface area contributed by atoms with Gasteiger partial charge in [0.2, 0.25) is 0 Å². The lowest BCUT2D eigenvalue weighted by Gasteiger charge is -2.30. The Morgan fingerprint density at radius 1 is 1.00 bits per heavy atom. The fourth-order valence-corrected chi connectivity index (χ4v) is 5.18. The molecule has 0 spiro atoms. The Balaban J connectivity index is 1.48. The summed E-state index contributed by atoms with van der Waals surface area (Å²) in [5, 5.41) is 13.7. The molecule has 39 heavy (non-hydrogen) atoms. The van der Waals surface area contributed by atoms with E-state index < -0.39 is 0 Å². The quantitative estimate of drug-likeness (QED) is 0.260. The van der Waals surface area contributed by atoms with E-state index in [0.717, 1.165) is 47.2 Å². The lowest BCUT2D eigenvalue weighted by atomic mass is 10.0. The lowest BCUT2D eigenvalue weighted by Crippen LogP contribution is -2.34. The zero-order chi connectivity index (χ0) is 27.4. The van der Waals surface area contributed by atoms with Gasteiger partial charge in [0.05, 0.1) is 18.1 Å². The van der Waals surface area contributed by atoms with Gasteiger partial charge in [0.1, 0.15) is 5.82 Å². The Hall–Kier alpha value is -4.17. The molecule has 2 heterocycles. The molecule has 200 valence electrons. The van der Waals surface area contributed by atoms with Crippen molar-refractivity contribution in [1.82, 2.24) is 30.1 Å². The van der Waals surface area contributed by atoms with Crippen LogP contribution >= 0.6 is 0 Å². The van der Waals surface area contributed by atoms with Crippen LogP contribution in [0.1, 0.15) is 53.0 Å². The molecule has 1 unspecified atom stereocenters. The van der Waals surface area contributed by atoms with Crippen molar-refractivity contribution in [3.63, 3.8) is 0 Å². The van der Waals surface area contributed by atoms with Crippen LogP contribution in [0.2, 0.25) is 0 Å². The fourth-order valence-electron chi connectivity index (χ4n) is 5.18. The summed E-state index contributed by atoms with van der Waals surface area (Å²) in [7, 11) is 0. The van der Waals surface area contributed by atoms with Crippen molar-refractivity contribution < 1.29 is 4.39 Å². The molecule has 5 aromatic rings. The third-order valence-corrected chi connectivity index (χ3v) is 7.24. The van der Waals surface area contributed by atoms with Crippen LogP contribution in [0.4, 0.5) is 4.39 Å². The number of nitrogens with one attached hydrogen (secondary N) is 1. The van der Waals surface area contributed by atoms with E-state index in [2.05, 4.69) is 63.5 Å². The molecular formula is C31H33FN6O. The number of aromatic nitrogens is 5. The van der Waals surface area contributed by atoms with Gasteiger partial charge in [0, 0.05) is 18.7 Å². The van der Waals surface area contributed by atoms with Gasteiger partial charge in [-0.3, -0.25) is 9.69 Å². The van der Waals surface area contributed by atoms with Gasteiger partial charge in [-0.2, -0.15) is 0 Å². The van der Waals surface area contributed by atoms with Gasteiger partial charge in [-0.05, 0) is 77.4 Å². The van der Waals surface area contributed by atoms with E-state index in [9.17, 15) is 9.18 Å². The first kappa shape index (κ1) is 26.4. The molecule has 0 radical (unpaired) electrons. The molecule has 2 aromatic heterocycles. The van der Waals surface area contributed by atoms with Crippen LogP contribution < -0.4 is 5.56 Å². The molecule has 1 atom stereocenters. The molecule has 8 heteroatoms. The minimum Gasteiger partial charge on any atom is -0.321 e. The number of halogens is 1. The third-order valence-electron chi connectivity index (χ3n) is 7.24. The molecule has 0 saturated heterocycles. The Bertz CT molecular complexity index is 1620. The summed E-state index contributed by atoms with van der Waals surface area (Å²) < 4.78 is 15.2. The molecule has 0 amide bonds. The number of para-hydroxylation sites is 1. The zero-order valence-corrected chi connectivity index (χ0v) is 22.6. The normalized spacial score (nSPS) is 12.3. The second-order valence-corrected chi connectivity index (χ2v) is 10.1. The topological polar surface area (TPSA) is 79.7 Å². The van der Waals surface area contributed by atoms with E-state index in [1.807, 2.05) is 31.2 Å². The molecular weight excluding hydrogens is 491 g/mol. The Labute approximate surface area is 227 Å². The van der Waals surface area contributed by atoms with E-state index in [0.29, 0.717) is 18.7 Å². The first-order chi connectivity index (χ1) is 18.9. The Kier molecular flexibility index (Phi) is 7.93. The first-order valence-electron chi connectivity index (χ1n) is 13.3. The number of tetrazole rings is 1. The molecule has 0 bridgehead atoms. The highest BCUT2D eigenvalue weighted by molar-refractivity contribution is 5.81. The number of benzene rings is 3. The van der Waals surface area contributed by atoms with Crippen molar-refractivity contribution in [2.24, 2.45) is 0 Å². The van der Waals surface area contributed by atoms with Gasteiger partial charge in [-0.1, -0.05) is 67.1 Å². The van der Waals surface area contributed by atoms with Gasteiger partial charge in [-0.25, -0.2) is 9.07 Å². The van der Waals surface area contributed by atoms with Crippen molar-refractivity contribution in [1.29, 1.82) is 0 Å². The minimum atomic E-state index is -0.278. The summed E-state index contributed by atoms with van der Waals surface area (Å²) in [4.78, 5) is 18.6. The number of rotatable bonds is 10. The highest BCUT2D eigenvalue weighted by atomic mass is 19.1. The second-order valence-electron chi connectivity index (χ2n) is 10.1. The highest BCUT2D eigenvalue weighted by Crippen LogP contribution is 2.26. The van der Waals surface area contributed by atoms with Gasteiger partial charge >= 0.3 is 0 Å². The van der Waals surface area contributed by atoms with Crippen molar-refractivity contribution in [2.75, 3.05) is 6.54 Å². The van der Waals surface area contributed by atoms with E-state index in [4.69, 9.17) is 0 Å². The molecule has 0 saturated carbocycles. The number of aryl methyl sites for hydroxylation is 2. The number of hydrogen-bond acceptors (Lipinski definition) is 5. The SMILES string of the molecule is CCC(c1nnnn1Cc1ccc(F)cc1)N(CCc1cccc(C)c1)Cc1cc2cccc(C)c2[nH]c1=O. The summed E-state index contributed by atoms with van der Waals surface area (Å²) in [5.41, 5.74) is 5.89. The summed E-state index contributed by atoms with van der Waals surface area (Å²) in [5.74, 6) is 0.444. The fraction of sp³-hybridized carbons (Fsp3) is 0.290. The molecule has 5 rings (SSSR count). The first-order valence-corrected chi connectivity index (χ1v) is 13.3. The summed E-state index contributed by atoms with van der Waals surface area (Å²) in [6.45, 7) is 7.80. The van der Waals surface area contributed by atoms with E-state index in [1.54, 1.807) is 16.8 Å². The number of H-pyrrole nitrogens is 1. The number of nitrogens with zero attached hydrogens (tertiary/aromatic N) is 5. The molecule has 0 aliphatic carbocycles.